The second-order valence-corrected chi connectivity index (χ2v) is 8.99. The van der Waals surface area contributed by atoms with Crippen molar-refractivity contribution in [2.75, 3.05) is 6.54 Å². The highest BCUT2D eigenvalue weighted by molar-refractivity contribution is 9.11. The van der Waals surface area contributed by atoms with Crippen molar-refractivity contribution in [3.05, 3.63) is 54.6 Å². The van der Waals surface area contributed by atoms with Crippen molar-refractivity contribution < 1.29 is 0 Å². The Morgan fingerprint density at radius 2 is 1.86 bits per heavy atom. The Morgan fingerprint density at radius 1 is 1.14 bits per heavy atom. The number of nitrogens with one attached hydrogen (secondary N) is 1. The van der Waals surface area contributed by atoms with E-state index in [0.29, 0.717) is 0 Å². The maximum Gasteiger partial charge on any atom is 0.0682 e. The lowest BCUT2D eigenvalue weighted by atomic mass is 9.95. The summed E-state index contributed by atoms with van der Waals surface area (Å²) in [7, 11) is 0. The average Bonchev–Trinajstić information content (AvgIpc) is 2.88. The number of thiophene rings is 1. The first-order chi connectivity index (χ1) is 9.82. The van der Waals surface area contributed by atoms with E-state index in [1.54, 1.807) is 0 Å². The van der Waals surface area contributed by atoms with Gasteiger partial charge in [0.2, 0.25) is 0 Å². The molecule has 0 fully saturated rings. The van der Waals surface area contributed by atoms with Crippen molar-refractivity contribution in [2.24, 2.45) is 0 Å². The summed E-state index contributed by atoms with van der Waals surface area (Å²) in [5, 5.41) is 3.61. The lowest BCUT2D eigenvalue weighted by Crippen LogP contribution is -2.21. The van der Waals surface area contributed by atoms with Crippen molar-refractivity contribution in [1.29, 1.82) is 0 Å². The normalized spacial score (nSPS) is 13.4. The topological polar surface area (TPSA) is 12.0 Å². The Bertz CT molecular complexity index is 613. The van der Waals surface area contributed by atoms with E-state index in [4.69, 9.17) is 0 Å². The SMILES string of the molecule is CCNC(c1ccc(C(C)(C)C)s1)c1cc(Br)ccc1Br. The zero-order valence-electron chi connectivity index (χ0n) is 12.8. The minimum atomic E-state index is 0.203. The monoisotopic (exact) mass is 429 g/mol. The second kappa shape index (κ2) is 6.95. The van der Waals surface area contributed by atoms with Crippen LogP contribution in [0.5, 0.6) is 0 Å². The summed E-state index contributed by atoms with van der Waals surface area (Å²) in [6.45, 7) is 9.88. The van der Waals surface area contributed by atoms with Gasteiger partial charge in [0.25, 0.3) is 0 Å². The molecule has 2 aromatic rings. The van der Waals surface area contributed by atoms with Crippen LogP contribution >= 0.6 is 43.2 Å². The Labute approximate surface area is 148 Å². The molecule has 21 heavy (non-hydrogen) atoms. The average molecular weight is 431 g/mol. The first kappa shape index (κ1) is 17.2. The number of hydrogen-bond donors (Lipinski definition) is 1. The number of hydrogen-bond acceptors (Lipinski definition) is 2. The van der Waals surface area contributed by atoms with Crippen LogP contribution in [-0.2, 0) is 5.41 Å². The van der Waals surface area contributed by atoms with E-state index in [0.717, 1.165) is 15.5 Å². The minimum Gasteiger partial charge on any atom is -0.306 e. The predicted molar refractivity (Wildman–Crippen MR) is 100 cm³/mol. The van der Waals surface area contributed by atoms with Crippen LogP contribution in [0.1, 0.15) is 49.1 Å². The molecule has 1 atom stereocenters. The molecule has 0 saturated carbocycles. The molecule has 0 aliphatic heterocycles. The van der Waals surface area contributed by atoms with Gasteiger partial charge in [-0.3, -0.25) is 0 Å². The maximum atomic E-state index is 3.69. The molecule has 1 unspecified atom stereocenters. The number of rotatable bonds is 4. The fourth-order valence-electron chi connectivity index (χ4n) is 2.21. The predicted octanol–water partition coefficient (Wildman–Crippen LogP) is 6.27. The van der Waals surface area contributed by atoms with Crippen molar-refractivity contribution in [3.8, 4) is 0 Å². The van der Waals surface area contributed by atoms with Crippen molar-refractivity contribution >= 4 is 43.2 Å². The van der Waals surface area contributed by atoms with E-state index in [2.05, 4.69) is 95.2 Å². The van der Waals surface area contributed by atoms with E-state index in [9.17, 15) is 0 Å². The van der Waals surface area contributed by atoms with Crippen LogP contribution in [0.25, 0.3) is 0 Å². The Kier molecular flexibility index (Phi) is 5.69. The van der Waals surface area contributed by atoms with Crippen molar-refractivity contribution in [1.82, 2.24) is 5.32 Å². The van der Waals surface area contributed by atoms with Gasteiger partial charge in [0.15, 0.2) is 0 Å². The molecule has 1 aromatic heterocycles. The van der Waals surface area contributed by atoms with Gasteiger partial charge >= 0.3 is 0 Å². The van der Waals surface area contributed by atoms with Gasteiger partial charge in [0.05, 0.1) is 6.04 Å². The summed E-state index contributed by atoms with van der Waals surface area (Å²) < 4.78 is 2.25. The highest BCUT2D eigenvalue weighted by Crippen LogP contribution is 2.37. The van der Waals surface area contributed by atoms with Crippen molar-refractivity contribution in [3.63, 3.8) is 0 Å². The summed E-state index contributed by atoms with van der Waals surface area (Å²) >= 11 is 9.17. The van der Waals surface area contributed by atoms with E-state index < -0.39 is 0 Å². The first-order valence-electron chi connectivity index (χ1n) is 7.11. The second-order valence-electron chi connectivity index (χ2n) is 6.11. The fraction of sp³-hybridized carbons (Fsp3) is 0.412. The van der Waals surface area contributed by atoms with Gasteiger partial charge in [-0.05, 0) is 47.9 Å². The molecule has 1 heterocycles. The van der Waals surface area contributed by atoms with Gasteiger partial charge in [-0.15, -0.1) is 11.3 Å². The third-order valence-corrected chi connectivity index (χ3v) is 6.12. The molecule has 0 spiro atoms. The van der Waals surface area contributed by atoms with E-state index in [-0.39, 0.29) is 11.5 Å². The van der Waals surface area contributed by atoms with Gasteiger partial charge in [0.1, 0.15) is 0 Å². The molecule has 1 aromatic carbocycles. The smallest absolute Gasteiger partial charge is 0.0682 e. The number of halogens is 2. The van der Waals surface area contributed by atoms with Crippen LogP contribution < -0.4 is 5.32 Å². The summed E-state index contributed by atoms with van der Waals surface area (Å²) in [4.78, 5) is 2.78. The molecule has 0 bridgehead atoms. The van der Waals surface area contributed by atoms with Gasteiger partial charge in [0, 0.05) is 18.7 Å². The highest BCUT2D eigenvalue weighted by Gasteiger charge is 2.22. The standard InChI is InChI=1S/C17H21Br2NS/c1-5-20-16(12-10-11(18)6-7-13(12)19)14-8-9-15(21-14)17(2,3)4/h6-10,16,20H,5H2,1-4H3. The molecule has 0 amide bonds. The van der Waals surface area contributed by atoms with Crippen LogP contribution in [0.15, 0.2) is 39.3 Å². The van der Waals surface area contributed by atoms with Gasteiger partial charge < -0.3 is 5.32 Å². The zero-order chi connectivity index (χ0) is 15.6. The Morgan fingerprint density at radius 3 is 2.43 bits per heavy atom. The molecule has 2 rings (SSSR count). The van der Waals surface area contributed by atoms with Gasteiger partial charge in [-0.2, -0.15) is 0 Å². The molecule has 4 heteroatoms. The maximum absolute atomic E-state index is 3.69. The van der Waals surface area contributed by atoms with Crippen LogP contribution in [-0.4, -0.2) is 6.54 Å². The van der Waals surface area contributed by atoms with Crippen molar-refractivity contribution in [2.45, 2.75) is 39.2 Å². The molecule has 114 valence electrons. The van der Waals surface area contributed by atoms with Crippen LogP contribution in [0, 0.1) is 0 Å². The summed E-state index contributed by atoms with van der Waals surface area (Å²) in [6.07, 6.45) is 0. The molecular formula is C17H21Br2NS. The van der Waals surface area contributed by atoms with Crippen LogP contribution in [0.3, 0.4) is 0 Å². The summed E-state index contributed by atoms with van der Waals surface area (Å²) in [6, 6.07) is 11.1. The molecule has 1 nitrogen and oxygen atoms in total. The lowest BCUT2D eigenvalue weighted by Gasteiger charge is -2.20. The third kappa shape index (κ3) is 4.19. The van der Waals surface area contributed by atoms with Gasteiger partial charge in [-0.25, -0.2) is 0 Å². The molecule has 0 saturated heterocycles. The zero-order valence-corrected chi connectivity index (χ0v) is 16.8. The number of benzene rings is 1. The molecule has 0 radical (unpaired) electrons. The van der Waals surface area contributed by atoms with E-state index in [1.807, 2.05) is 11.3 Å². The summed E-state index contributed by atoms with van der Waals surface area (Å²) in [5.41, 5.74) is 1.47. The highest BCUT2D eigenvalue weighted by atomic mass is 79.9. The fourth-order valence-corrected chi connectivity index (χ4v) is 4.23. The Balaban J connectivity index is 2.44. The Hall–Kier alpha value is -0.160. The molecule has 0 aliphatic carbocycles. The van der Waals surface area contributed by atoms with E-state index >= 15 is 0 Å². The molecule has 1 N–H and O–H groups in total. The van der Waals surface area contributed by atoms with Gasteiger partial charge in [-0.1, -0.05) is 59.6 Å². The lowest BCUT2D eigenvalue weighted by molar-refractivity contribution is 0.604. The largest absolute Gasteiger partial charge is 0.306 e. The quantitative estimate of drug-likeness (QED) is 0.602. The van der Waals surface area contributed by atoms with Crippen LogP contribution in [0.4, 0.5) is 0 Å². The first-order valence-corrected chi connectivity index (χ1v) is 9.51. The molecule has 0 aliphatic rings. The minimum absolute atomic E-state index is 0.203. The van der Waals surface area contributed by atoms with E-state index in [1.165, 1.54) is 15.3 Å². The third-order valence-electron chi connectivity index (χ3n) is 3.33. The van der Waals surface area contributed by atoms with Crippen LogP contribution in [0.2, 0.25) is 0 Å². The molecular weight excluding hydrogens is 410 g/mol. The summed E-state index contributed by atoms with van der Waals surface area (Å²) in [5.74, 6) is 0.